The van der Waals surface area contributed by atoms with Crippen LogP contribution in [-0.2, 0) is 27.2 Å². The van der Waals surface area contributed by atoms with Gasteiger partial charge >= 0.3 is 5.97 Å². The van der Waals surface area contributed by atoms with Crippen LogP contribution in [0.1, 0.15) is 62.1 Å². The number of hydrogen-bond donors (Lipinski definition) is 2. The molecule has 0 atom stereocenters. The van der Waals surface area contributed by atoms with Gasteiger partial charge in [0.25, 0.3) is 5.91 Å². The Kier molecular flexibility index (Phi) is 8.15. The lowest BCUT2D eigenvalue weighted by Gasteiger charge is -2.24. The third-order valence-electron chi connectivity index (χ3n) is 8.55. The zero-order valence-electron chi connectivity index (χ0n) is 24.8. The number of ketones is 1. The Morgan fingerprint density at radius 1 is 0.841 bits per heavy atom. The number of aliphatic hydroxyl groups excluding tert-OH is 1. The highest BCUT2D eigenvalue weighted by Crippen LogP contribution is 2.43. The summed E-state index contributed by atoms with van der Waals surface area (Å²) in [5, 5.41) is 25.7. The van der Waals surface area contributed by atoms with Crippen LogP contribution in [0.25, 0.3) is 5.57 Å². The summed E-state index contributed by atoms with van der Waals surface area (Å²) < 4.78 is 0. The number of aliphatic hydroxyl groups is 1. The first-order valence-electron chi connectivity index (χ1n) is 15.3. The molecule has 0 unspecified atom stereocenters. The molecule has 0 saturated carbocycles. The molecule has 44 heavy (non-hydrogen) atoms. The molecule has 1 aliphatic carbocycles. The monoisotopic (exact) mass is 589 g/mol. The highest BCUT2D eigenvalue weighted by atomic mass is 16.4. The normalized spacial score (nSPS) is 17.7. The number of fused-ring (bicyclic) bond motifs is 1. The van der Waals surface area contributed by atoms with Gasteiger partial charge in [0.05, 0.1) is 22.4 Å². The molecule has 3 aromatic rings. The Morgan fingerprint density at radius 2 is 1.57 bits per heavy atom. The van der Waals surface area contributed by atoms with Crippen molar-refractivity contribution in [1.29, 1.82) is 0 Å². The highest BCUT2D eigenvalue weighted by Gasteiger charge is 2.46. The third kappa shape index (κ3) is 5.32. The maximum absolute atomic E-state index is 13.4. The minimum Gasteiger partial charge on any atom is -0.506 e. The standard InChI is InChI=1S/C36H35N3O5/c1-2-3-4-5-6-8-11-23-14-17-26(18-15-23)38-21-20-24-22-25(16-19-28(24)38)29-33(40)31(34(29)41)30-32(36(43)44)37-39(35(30)42)27-12-9-7-10-13-27/h7,9-10,12-19,22,40H,2-6,8,11,20-21H2,1H3,(H,43,44)/b31-30+. The van der Waals surface area contributed by atoms with Gasteiger partial charge in [0, 0.05) is 17.9 Å². The van der Waals surface area contributed by atoms with E-state index in [2.05, 4.69) is 41.2 Å². The topological polar surface area (TPSA) is 111 Å². The number of para-hydroxylation sites is 1. The number of aryl methyl sites for hydroxylation is 1. The predicted molar refractivity (Wildman–Crippen MR) is 171 cm³/mol. The molecule has 224 valence electrons. The number of aliphatic carboxylic acids is 1. The van der Waals surface area contributed by atoms with E-state index in [0.717, 1.165) is 41.3 Å². The van der Waals surface area contributed by atoms with Crippen LogP contribution in [0, 0.1) is 0 Å². The number of rotatable bonds is 11. The summed E-state index contributed by atoms with van der Waals surface area (Å²) in [5.74, 6) is -3.20. The molecule has 8 heteroatoms. The lowest BCUT2D eigenvalue weighted by Crippen LogP contribution is -2.30. The number of allylic oxidation sites excluding steroid dienone is 2. The summed E-state index contributed by atoms with van der Waals surface area (Å²) >= 11 is 0. The fraction of sp³-hybridized carbons (Fsp3) is 0.278. The second-order valence-corrected chi connectivity index (χ2v) is 11.4. The van der Waals surface area contributed by atoms with E-state index in [1.165, 1.54) is 44.1 Å². The van der Waals surface area contributed by atoms with Gasteiger partial charge in [-0.1, -0.05) is 75.4 Å². The summed E-state index contributed by atoms with van der Waals surface area (Å²) in [7, 11) is 0. The molecule has 0 aromatic heterocycles. The molecule has 8 nitrogen and oxygen atoms in total. The van der Waals surface area contributed by atoms with Crippen LogP contribution in [0.5, 0.6) is 0 Å². The number of hydrogen-bond acceptors (Lipinski definition) is 6. The lowest BCUT2D eigenvalue weighted by atomic mass is 9.79. The first-order valence-corrected chi connectivity index (χ1v) is 15.3. The van der Waals surface area contributed by atoms with Gasteiger partial charge in [-0.25, -0.2) is 4.79 Å². The van der Waals surface area contributed by atoms with Crippen molar-refractivity contribution in [3.8, 4) is 0 Å². The number of unbranched alkanes of at least 4 members (excludes halogenated alkanes) is 5. The average Bonchev–Trinajstić information content (AvgIpc) is 3.61. The van der Waals surface area contributed by atoms with Crippen LogP contribution >= 0.6 is 0 Å². The molecule has 3 aromatic carbocycles. The molecule has 2 aliphatic heterocycles. The van der Waals surface area contributed by atoms with E-state index in [1.807, 2.05) is 12.1 Å². The van der Waals surface area contributed by atoms with Gasteiger partial charge in [0.1, 0.15) is 5.76 Å². The molecule has 0 bridgehead atoms. The smallest absolute Gasteiger partial charge is 0.357 e. The number of amides is 1. The largest absolute Gasteiger partial charge is 0.506 e. The second-order valence-electron chi connectivity index (χ2n) is 11.4. The summed E-state index contributed by atoms with van der Waals surface area (Å²) in [5.41, 5.74) is 4.23. The Bertz CT molecular complexity index is 1720. The van der Waals surface area contributed by atoms with Crippen molar-refractivity contribution in [2.24, 2.45) is 5.10 Å². The zero-order chi connectivity index (χ0) is 30.8. The summed E-state index contributed by atoms with van der Waals surface area (Å²) in [6.45, 7) is 3.03. The number of carboxylic acids is 1. The number of Topliss-reactive ketones (excluding diaryl/α,β-unsaturated/α-hetero) is 1. The first-order chi connectivity index (χ1) is 21.4. The van der Waals surface area contributed by atoms with Crippen LogP contribution in [0.15, 0.2) is 94.8 Å². The zero-order valence-corrected chi connectivity index (χ0v) is 24.8. The Hall–Kier alpha value is -4.98. The van der Waals surface area contributed by atoms with Crippen molar-refractivity contribution in [3.05, 3.63) is 106 Å². The molecule has 6 rings (SSSR count). The van der Waals surface area contributed by atoms with Crippen LogP contribution in [0.4, 0.5) is 17.1 Å². The number of anilines is 3. The van der Waals surface area contributed by atoms with E-state index in [4.69, 9.17) is 0 Å². The van der Waals surface area contributed by atoms with Crippen LogP contribution in [0.2, 0.25) is 0 Å². The third-order valence-corrected chi connectivity index (χ3v) is 8.55. The van der Waals surface area contributed by atoms with E-state index >= 15 is 0 Å². The van der Waals surface area contributed by atoms with E-state index in [1.54, 1.807) is 36.4 Å². The van der Waals surface area contributed by atoms with Crippen LogP contribution in [-0.4, -0.2) is 40.1 Å². The molecule has 0 fully saturated rings. The molecular formula is C36H35N3O5. The van der Waals surface area contributed by atoms with Gasteiger partial charge in [0.15, 0.2) is 5.71 Å². The number of carbonyl (C=O) groups is 3. The predicted octanol–water partition coefficient (Wildman–Crippen LogP) is 6.92. The van der Waals surface area contributed by atoms with Gasteiger partial charge in [-0.05, 0) is 72.4 Å². The Balaban J connectivity index is 1.20. The highest BCUT2D eigenvalue weighted by molar-refractivity contribution is 6.56. The van der Waals surface area contributed by atoms with Gasteiger partial charge in [-0.15, -0.1) is 0 Å². The van der Waals surface area contributed by atoms with Gasteiger partial charge in [0.2, 0.25) is 5.78 Å². The van der Waals surface area contributed by atoms with Crippen molar-refractivity contribution in [3.63, 3.8) is 0 Å². The Labute approximate surface area is 256 Å². The van der Waals surface area contributed by atoms with Gasteiger partial charge in [-0.2, -0.15) is 10.1 Å². The summed E-state index contributed by atoms with van der Waals surface area (Å²) in [4.78, 5) is 40.8. The summed E-state index contributed by atoms with van der Waals surface area (Å²) in [6, 6.07) is 22.7. The number of carboxylic acid groups (broad SMARTS) is 1. The van der Waals surface area contributed by atoms with E-state index < -0.39 is 34.7 Å². The molecule has 3 aliphatic rings. The van der Waals surface area contributed by atoms with Crippen molar-refractivity contribution < 1.29 is 24.6 Å². The van der Waals surface area contributed by atoms with Gasteiger partial charge in [-0.3, -0.25) is 9.59 Å². The number of nitrogens with zero attached hydrogens (tertiary/aromatic N) is 3. The van der Waals surface area contributed by atoms with Crippen LogP contribution in [0.3, 0.4) is 0 Å². The fourth-order valence-electron chi connectivity index (χ4n) is 6.20. The average molecular weight is 590 g/mol. The molecule has 0 spiro atoms. The second kappa shape index (κ2) is 12.3. The quantitative estimate of drug-likeness (QED) is 0.186. The first kappa shape index (κ1) is 29.1. The lowest BCUT2D eigenvalue weighted by molar-refractivity contribution is -0.129. The molecule has 2 N–H and O–H groups in total. The fourth-order valence-corrected chi connectivity index (χ4v) is 6.20. The molecule has 0 saturated heterocycles. The molecule has 1 amide bonds. The maximum atomic E-state index is 13.4. The molecule has 0 radical (unpaired) electrons. The van der Waals surface area contributed by atoms with Crippen LogP contribution < -0.4 is 9.91 Å². The van der Waals surface area contributed by atoms with Crippen molar-refractivity contribution in [1.82, 2.24) is 0 Å². The van der Waals surface area contributed by atoms with E-state index in [9.17, 15) is 24.6 Å². The maximum Gasteiger partial charge on any atom is 0.357 e. The minimum atomic E-state index is -1.46. The number of hydrazone groups is 1. The minimum absolute atomic E-state index is 0.0727. The van der Waals surface area contributed by atoms with Crippen molar-refractivity contribution in [2.75, 3.05) is 16.5 Å². The van der Waals surface area contributed by atoms with Gasteiger partial charge < -0.3 is 15.1 Å². The SMILES string of the molecule is CCCCCCCCc1ccc(N2CCc3cc(C4=C(O)/C(=C5\C(=O)N(c6ccccc6)N=C5C(=O)O)C4=O)ccc32)cc1. The molecule has 2 heterocycles. The number of benzene rings is 3. The van der Waals surface area contributed by atoms with Crippen molar-refractivity contribution >= 4 is 46.0 Å². The number of carbonyl (C=O) groups excluding carboxylic acids is 2. The summed E-state index contributed by atoms with van der Waals surface area (Å²) in [6.07, 6.45) is 9.56. The Morgan fingerprint density at radius 3 is 2.27 bits per heavy atom. The van der Waals surface area contributed by atoms with Crippen molar-refractivity contribution in [2.45, 2.75) is 58.3 Å². The molecular weight excluding hydrogens is 554 g/mol. The van der Waals surface area contributed by atoms with E-state index in [0.29, 0.717) is 11.3 Å². The van der Waals surface area contributed by atoms with E-state index in [-0.39, 0.29) is 11.1 Å².